The van der Waals surface area contributed by atoms with Gasteiger partial charge in [-0.2, -0.15) is 4.98 Å². The minimum atomic E-state index is -3.23. The Bertz CT molecular complexity index is 805. The van der Waals surface area contributed by atoms with Crippen molar-refractivity contribution < 1.29 is 13.3 Å². The van der Waals surface area contributed by atoms with Gasteiger partial charge in [-0.15, -0.1) is 0 Å². The van der Waals surface area contributed by atoms with Crippen molar-refractivity contribution in [2.75, 3.05) is 17.3 Å². The zero-order valence-electron chi connectivity index (χ0n) is 11.6. The van der Waals surface area contributed by atoms with Crippen molar-refractivity contribution in [3.8, 4) is 0 Å². The SMILES string of the molecule is CS(=O)(=O)c1ccc(CNc2ncc([N+](=O)[O-])c(N)n2)cc1. The molecule has 2 rings (SSSR count). The molecule has 9 nitrogen and oxygen atoms in total. The van der Waals surface area contributed by atoms with Gasteiger partial charge in [-0.1, -0.05) is 12.1 Å². The van der Waals surface area contributed by atoms with Gasteiger partial charge in [0.15, 0.2) is 9.84 Å². The Morgan fingerprint density at radius 3 is 2.45 bits per heavy atom. The third kappa shape index (κ3) is 3.67. The summed E-state index contributed by atoms with van der Waals surface area (Å²) in [6.07, 6.45) is 2.16. The number of rotatable bonds is 5. The lowest BCUT2D eigenvalue weighted by Crippen LogP contribution is -2.07. The Morgan fingerprint density at radius 1 is 1.32 bits per heavy atom. The third-order valence-corrected chi connectivity index (χ3v) is 3.93. The van der Waals surface area contributed by atoms with Crippen LogP contribution in [0.15, 0.2) is 35.4 Å². The lowest BCUT2D eigenvalue weighted by molar-refractivity contribution is -0.384. The number of hydrogen-bond donors (Lipinski definition) is 2. The topological polar surface area (TPSA) is 141 Å². The quantitative estimate of drug-likeness (QED) is 0.612. The molecule has 0 unspecified atom stereocenters. The molecule has 0 bridgehead atoms. The standard InChI is InChI=1S/C12H13N5O4S/c1-22(20,21)9-4-2-8(3-5-9)6-14-12-15-7-10(17(18)19)11(13)16-12/h2-5,7H,6H2,1H3,(H3,13,14,15,16). The molecule has 0 atom stereocenters. The summed E-state index contributed by atoms with van der Waals surface area (Å²) in [6.45, 7) is 0.321. The van der Waals surface area contributed by atoms with Gasteiger partial charge in [0, 0.05) is 12.8 Å². The largest absolute Gasteiger partial charge is 0.378 e. The molecule has 0 saturated heterocycles. The molecule has 0 aliphatic heterocycles. The van der Waals surface area contributed by atoms with Crippen molar-refractivity contribution in [2.45, 2.75) is 11.4 Å². The van der Waals surface area contributed by atoms with Crippen LogP contribution in [-0.2, 0) is 16.4 Å². The molecular weight excluding hydrogens is 310 g/mol. The van der Waals surface area contributed by atoms with Crippen LogP contribution >= 0.6 is 0 Å². The summed E-state index contributed by atoms with van der Waals surface area (Å²) >= 11 is 0. The number of nitrogen functional groups attached to an aromatic ring is 1. The van der Waals surface area contributed by atoms with Crippen LogP contribution in [0.2, 0.25) is 0 Å². The van der Waals surface area contributed by atoms with E-state index in [1.807, 2.05) is 0 Å². The second-order valence-electron chi connectivity index (χ2n) is 4.49. The first-order valence-corrected chi connectivity index (χ1v) is 7.96. The van der Waals surface area contributed by atoms with E-state index in [1.165, 1.54) is 12.1 Å². The maximum atomic E-state index is 11.3. The van der Waals surface area contributed by atoms with Crippen molar-refractivity contribution in [1.29, 1.82) is 0 Å². The predicted octanol–water partition coefficient (Wildman–Crippen LogP) is 0.983. The minimum absolute atomic E-state index is 0.148. The van der Waals surface area contributed by atoms with Crippen molar-refractivity contribution in [2.24, 2.45) is 0 Å². The zero-order chi connectivity index (χ0) is 16.3. The Morgan fingerprint density at radius 2 is 1.95 bits per heavy atom. The summed E-state index contributed by atoms with van der Waals surface area (Å²) in [7, 11) is -3.23. The van der Waals surface area contributed by atoms with Gasteiger partial charge in [0.05, 0.1) is 9.82 Å². The highest BCUT2D eigenvalue weighted by atomic mass is 32.2. The van der Waals surface area contributed by atoms with Gasteiger partial charge in [0.25, 0.3) is 0 Å². The van der Waals surface area contributed by atoms with Gasteiger partial charge in [0.1, 0.15) is 6.20 Å². The summed E-state index contributed by atoms with van der Waals surface area (Å²) in [4.78, 5) is 17.7. The van der Waals surface area contributed by atoms with Crippen LogP contribution in [0.25, 0.3) is 0 Å². The molecule has 116 valence electrons. The number of aromatic nitrogens is 2. The first-order chi connectivity index (χ1) is 10.3. The molecule has 0 amide bonds. The fraction of sp³-hybridized carbons (Fsp3) is 0.167. The number of anilines is 2. The number of nitro groups is 1. The average Bonchev–Trinajstić information content (AvgIpc) is 2.44. The third-order valence-electron chi connectivity index (χ3n) is 2.80. The van der Waals surface area contributed by atoms with E-state index in [9.17, 15) is 18.5 Å². The van der Waals surface area contributed by atoms with E-state index < -0.39 is 14.8 Å². The number of benzene rings is 1. The maximum absolute atomic E-state index is 11.3. The number of nitrogens with zero attached hydrogens (tertiary/aromatic N) is 3. The van der Waals surface area contributed by atoms with Crippen LogP contribution in [0.4, 0.5) is 17.5 Å². The maximum Gasteiger partial charge on any atom is 0.329 e. The molecule has 0 aliphatic rings. The highest BCUT2D eigenvalue weighted by Gasteiger charge is 2.14. The van der Waals surface area contributed by atoms with Crippen LogP contribution < -0.4 is 11.1 Å². The fourth-order valence-electron chi connectivity index (χ4n) is 1.65. The molecule has 22 heavy (non-hydrogen) atoms. The molecule has 1 heterocycles. The summed E-state index contributed by atoms with van der Waals surface area (Å²) in [5, 5.41) is 13.5. The van der Waals surface area contributed by atoms with E-state index in [4.69, 9.17) is 5.73 Å². The van der Waals surface area contributed by atoms with Crippen LogP contribution in [-0.4, -0.2) is 29.6 Å². The van der Waals surface area contributed by atoms with E-state index in [-0.39, 0.29) is 22.3 Å². The van der Waals surface area contributed by atoms with Gasteiger partial charge in [-0.25, -0.2) is 13.4 Å². The minimum Gasteiger partial charge on any atom is -0.378 e. The zero-order valence-corrected chi connectivity index (χ0v) is 12.4. The van der Waals surface area contributed by atoms with E-state index in [0.29, 0.717) is 6.54 Å². The first kappa shape index (κ1) is 15.6. The Hall–Kier alpha value is -2.75. The molecule has 3 N–H and O–H groups in total. The first-order valence-electron chi connectivity index (χ1n) is 6.07. The monoisotopic (exact) mass is 323 g/mol. The van der Waals surface area contributed by atoms with Gasteiger partial charge in [-0.05, 0) is 17.7 Å². The summed E-state index contributed by atoms with van der Waals surface area (Å²) in [5.74, 6) is -0.0785. The summed E-state index contributed by atoms with van der Waals surface area (Å²) in [5.41, 5.74) is 5.90. The molecule has 10 heteroatoms. The second-order valence-corrected chi connectivity index (χ2v) is 6.51. The summed E-state index contributed by atoms with van der Waals surface area (Å²) < 4.78 is 22.7. The van der Waals surface area contributed by atoms with Crippen LogP contribution in [0.5, 0.6) is 0 Å². The number of sulfone groups is 1. The molecular formula is C12H13N5O4S. The van der Waals surface area contributed by atoms with Crippen molar-refractivity contribution in [3.05, 3.63) is 46.1 Å². The van der Waals surface area contributed by atoms with Crippen molar-refractivity contribution >= 4 is 27.3 Å². The molecule has 0 fully saturated rings. The molecule has 1 aromatic heterocycles. The normalized spacial score (nSPS) is 11.1. The van der Waals surface area contributed by atoms with Crippen LogP contribution in [0, 0.1) is 10.1 Å². The average molecular weight is 323 g/mol. The Kier molecular flexibility index (Phi) is 4.22. The van der Waals surface area contributed by atoms with E-state index in [0.717, 1.165) is 18.0 Å². The van der Waals surface area contributed by atoms with Crippen molar-refractivity contribution in [3.63, 3.8) is 0 Å². The molecule has 0 spiro atoms. The molecule has 0 radical (unpaired) electrons. The summed E-state index contributed by atoms with van der Waals surface area (Å²) in [6, 6.07) is 6.30. The van der Waals surface area contributed by atoms with E-state index in [2.05, 4.69) is 15.3 Å². The predicted molar refractivity (Wildman–Crippen MR) is 80.0 cm³/mol. The van der Waals surface area contributed by atoms with Crippen LogP contribution in [0.1, 0.15) is 5.56 Å². The number of nitrogens with one attached hydrogen (secondary N) is 1. The van der Waals surface area contributed by atoms with Gasteiger partial charge in [-0.3, -0.25) is 10.1 Å². The van der Waals surface area contributed by atoms with Gasteiger partial charge < -0.3 is 11.1 Å². The van der Waals surface area contributed by atoms with Crippen LogP contribution in [0.3, 0.4) is 0 Å². The number of nitrogens with two attached hydrogens (primary N) is 1. The molecule has 0 aliphatic carbocycles. The highest BCUT2D eigenvalue weighted by molar-refractivity contribution is 7.90. The second kappa shape index (κ2) is 5.93. The van der Waals surface area contributed by atoms with Gasteiger partial charge in [0.2, 0.25) is 11.8 Å². The highest BCUT2D eigenvalue weighted by Crippen LogP contribution is 2.18. The molecule has 2 aromatic rings. The van der Waals surface area contributed by atoms with Gasteiger partial charge >= 0.3 is 5.69 Å². The molecule has 0 saturated carbocycles. The van der Waals surface area contributed by atoms with Crippen molar-refractivity contribution in [1.82, 2.24) is 9.97 Å². The fourth-order valence-corrected chi connectivity index (χ4v) is 2.28. The smallest absolute Gasteiger partial charge is 0.329 e. The Balaban J connectivity index is 2.07. The Labute approximate surface area is 126 Å². The lowest BCUT2D eigenvalue weighted by atomic mass is 10.2. The number of hydrogen-bond acceptors (Lipinski definition) is 8. The van der Waals surface area contributed by atoms with E-state index in [1.54, 1.807) is 12.1 Å². The lowest BCUT2D eigenvalue weighted by Gasteiger charge is -2.06. The van der Waals surface area contributed by atoms with E-state index >= 15 is 0 Å². The molecule has 1 aromatic carbocycles.